The third kappa shape index (κ3) is 2.29. The Kier molecular flexibility index (Phi) is 3.82. The first-order valence-corrected chi connectivity index (χ1v) is 6.26. The fourth-order valence-electron chi connectivity index (χ4n) is 3.15. The van der Waals surface area contributed by atoms with Gasteiger partial charge >= 0.3 is 0 Å². The van der Waals surface area contributed by atoms with Crippen LogP contribution >= 0.6 is 0 Å². The predicted molar refractivity (Wildman–Crippen MR) is 58.3 cm³/mol. The molecule has 14 heavy (non-hydrogen) atoms. The Morgan fingerprint density at radius 3 is 2.21 bits per heavy atom. The highest BCUT2D eigenvalue weighted by Crippen LogP contribution is 2.30. The molecule has 1 saturated heterocycles. The van der Waals surface area contributed by atoms with Crippen molar-refractivity contribution in [3.8, 4) is 0 Å². The molecule has 1 saturated carbocycles. The number of nitrogens with zero attached hydrogens (tertiary/aromatic N) is 1. The van der Waals surface area contributed by atoms with E-state index in [0.29, 0.717) is 12.6 Å². The van der Waals surface area contributed by atoms with Gasteiger partial charge in [-0.2, -0.15) is 0 Å². The second-order valence-electron chi connectivity index (χ2n) is 4.89. The van der Waals surface area contributed by atoms with Gasteiger partial charge < -0.3 is 5.11 Å². The molecule has 0 aromatic carbocycles. The van der Waals surface area contributed by atoms with Gasteiger partial charge in [0.2, 0.25) is 0 Å². The summed E-state index contributed by atoms with van der Waals surface area (Å²) in [6.07, 6.45) is 9.55. The Morgan fingerprint density at radius 2 is 1.64 bits per heavy atom. The van der Waals surface area contributed by atoms with Crippen LogP contribution in [0.4, 0.5) is 0 Å². The molecule has 0 aromatic rings. The van der Waals surface area contributed by atoms with E-state index in [4.69, 9.17) is 0 Å². The van der Waals surface area contributed by atoms with E-state index in [1.807, 2.05) is 0 Å². The van der Waals surface area contributed by atoms with Crippen LogP contribution in [0.5, 0.6) is 0 Å². The zero-order valence-corrected chi connectivity index (χ0v) is 9.12. The van der Waals surface area contributed by atoms with E-state index in [1.165, 1.54) is 58.0 Å². The molecule has 2 nitrogen and oxygen atoms in total. The van der Waals surface area contributed by atoms with E-state index in [0.717, 1.165) is 5.92 Å². The zero-order chi connectivity index (χ0) is 9.80. The summed E-state index contributed by atoms with van der Waals surface area (Å²) in [6.45, 7) is 2.83. The number of hydrogen-bond donors (Lipinski definition) is 1. The van der Waals surface area contributed by atoms with Crippen LogP contribution in [0.25, 0.3) is 0 Å². The molecular weight excluding hydrogens is 174 g/mol. The van der Waals surface area contributed by atoms with Crippen molar-refractivity contribution in [1.82, 2.24) is 4.90 Å². The standard InChI is InChI=1S/C12H23NO/c14-10-12(13-8-4-5-9-13)11-6-2-1-3-7-11/h11-12,14H,1-10H2. The van der Waals surface area contributed by atoms with Gasteiger partial charge in [0.05, 0.1) is 6.61 Å². The maximum atomic E-state index is 9.50. The van der Waals surface area contributed by atoms with E-state index in [1.54, 1.807) is 0 Å². The molecule has 2 rings (SSSR count). The first-order chi connectivity index (χ1) is 6.92. The number of likely N-dealkylation sites (tertiary alicyclic amines) is 1. The maximum Gasteiger partial charge on any atom is 0.0589 e. The summed E-state index contributed by atoms with van der Waals surface area (Å²) >= 11 is 0. The summed E-state index contributed by atoms with van der Waals surface area (Å²) in [5.74, 6) is 0.784. The van der Waals surface area contributed by atoms with E-state index >= 15 is 0 Å². The largest absolute Gasteiger partial charge is 0.395 e. The van der Waals surface area contributed by atoms with Gasteiger partial charge in [0.15, 0.2) is 0 Å². The average molecular weight is 197 g/mol. The average Bonchev–Trinajstić information content (AvgIpc) is 2.74. The molecule has 1 heterocycles. The van der Waals surface area contributed by atoms with Crippen LogP contribution in [0.15, 0.2) is 0 Å². The fraction of sp³-hybridized carbons (Fsp3) is 1.00. The first-order valence-electron chi connectivity index (χ1n) is 6.26. The molecular formula is C12H23NO. The maximum absolute atomic E-state index is 9.50. The Bertz CT molecular complexity index is 160. The van der Waals surface area contributed by atoms with E-state index in [-0.39, 0.29) is 0 Å². The van der Waals surface area contributed by atoms with E-state index in [9.17, 15) is 5.11 Å². The molecule has 1 atom stereocenters. The molecule has 2 aliphatic rings. The topological polar surface area (TPSA) is 23.5 Å². The third-order valence-corrected chi connectivity index (χ3v) is 3.99. The summed E-state index contributed by atoms with van der Waals surface area (Å²) in [5, 5.41) is 9.50. The van der Waals surface area contributed by atoms with Crippen molar-refractivity contribution in [2.45, 2.75) is 51.0 Å². The number of aliphatic hydroxyl groups is 1. The van der Waals surface area contributed by atoms with Crippen LogP contribution in [0.3, 0.4) is 0 Å². The smallest absolute Gasteiger partial charge is 0.0589 e. The molecule has 1 aliphatic carbocycles. The Morgan fingerprint density at radius 1 is 1.00 bits per heavy atom. The Balaban J connectivity index is 1.89. The van der Waals surface area contributed by atoms with Crippen LogP contribution in [0, 0.1) is 5.92 Å². The van der Waals surface area contributed by atoms with Gasteiger partial charge in [0.1, 0.15) is 0 Å². The lowest BCUT2D eigenvalue weighted by Crippen LogP contribution is -2.42. The summed E-state index contributed by atoms with van der Waals surface area (Å²) < 4.78 is 0. The summed E-state index contributed by atoms with van der Waals surface area (Å²) in [5.41, 5.74) is 0. The minimum Gasteiger partial charge on any atom is -0.395 e. The van der Waals surface area contributed by atoms with Gasteiger partial charge in [-0.15, -0.1) is 0 Å². The molecule has 0 aromatic heterocycles. The van der Waals surface area contributed by atoms with Gasteiger partial charge in [0, 0.05) is 6.04 Å². The normalized spacial score (nSPS) is 28.1. The molecule has 2 heteroatoms. The van der Waals surface area contributed by atoms with Crippen molar-refractivity contribution >= 4 is 0 Å². The minimum absolute atomic E-state index is 0.380. The second kappa shape index (κ2) is 5.13. The molecule has 1 aliphatic heterocycles. The van der Waals surface area contributed by atoms with Gasteiger partial charge in [-0.3, -0.25) is 4.90 Å². The summed E-state index contributed by atoms with van der Waals surface area (Å²) in [7, 11) is 0. The second-order valence-corrected chi connectivity index (χ2v) is 4.89. The lowest BCUT2D eigenvalue weighted by atomic mass is 9.83. The zero-order valence-electron chi connectivity index (χ0n) is 9.12. The van der Waals surface area contributed by atoms with Crippen molar-refractivity contribution in [1.29, 1.82) is 0 Å². The van der Waals surface area contributed by atoms with Gasteiger partial charge in [-0.05, 0) is 44.7 Å². The van der Waals surface area contributed by atoms with Gasteiger partial charge in [-0.1, -0.05) is 19.3 Å². The van der Waals surface area contributed by atoms with Crippen molar-refractivity contribution in [3.05, 3.63) is 0 Å². The van der Waals surface area contributed by atoms with Crippen molar-refractivity contribution in [2.24, 2.45) is 5.92 Å². The van der Waals surface area contributed by atoms with Gasteiger partial charge in [-0.25, -0.2) is 0 Å². The molecule has 0 amide bonds. The van der Waals surface area contributed by atoms with Gasteiger partial charge in [0.25, 0.3) is 0 Å². The Labute approximate surface area is 87.3 Å². The lowest BCUT2D eigenvalue weighted by Gasteiger charge is -2.35. The number of aliphatic hydroxyl groups excluding tert-OH is 1. The van der Waals surface area contributed by atoms with Crippen molar-refractivity contribution < 1.29 is 5.11 Å². The third-order valence-electron chi connectivity index (χ3n) is 3.99. The van der Waals surface area contributed by atoms with Crippen LogP contribution in [0.2, 0.25) is 0 Å². The SMILES string of the molecule is OCC(C1CCCCC1)N1CCCC1. The molecule has 82 valence electrons. The van der Waals surface area contributed by atoms with E-state index < -0.39 is 0 Å². The number of hydrogen-bond acceptors (Lipinski definition) is 2. The Hall–Kier alpha value is -0.0800. The number of rotatable bonds is 3. The molecule has 2 fully saturated rings. The molecule has 0 bridgehead atoms. The molecule has 0 radical (unpaired) electrons. The highest BCUT2D eigenvalue weighted by atomic mass is 16.3. The molecule has 1 N–H and O–H groups in total. The van der Waals surface area contributed by atoms with Crippen LogP contribution in [-0.4, -0.2) is 35.7 Å². The lowest BCUT2D eigenvalue weighted by molar-refractivity contribution is 0.0818. The van der Waals surface area contributed by atoms with Crippen molar-refractivity contribution in [3.63, 3.8) is 0 Å². The molecule has 0 spiro atoms. The monoisotopic (exact) mass is 197 g/mol. The summed E-state index contributed by atoms with van der Waals surface area (Å²) in [4.78, 5) is 2.52. The predicted octanol–water partition coefficient (Wildman–Crippen LogP) is 2.02. The highest BCUT2D eigenvalue weighted by Gasteiger charge is 2.29. The van der Waals surface area contributed by atoms with Crippen LogP contribution in [0.1, 0.15) is 44.9 Å². The van der Waals surface area contributed by atoms with Crippen LogP contribution < -0.4 is 0 Å². The fourth-order valence-corrected chi connectivity index (χ4v) is 3.15. The summed E-state index contributed by atoms with van der Waals surface area (Å²) in [6, 6.07) is 0.484. The first kappa shape index (κ1) is 10.4. The quantitative estimate of drug-likeness (QED) is 0.748. The molecule has 1 unspecified atom stereocenters. The van der Waals surface area contributed by atoms with Crippen LogP contribution in [-0.2, 0) is 0 Å². The highest BCUT2D eigenvalue weighted by molar-refractivity contribution is 4.83. The van der Waals surface area contributed by atoms with Crippen molar-refractivity contribution in [2.75, 3.05) is 19.7 Å². The van der Waals surface area contributed by atoms with E-state index in [2.05, 4.69) is 4.90 Å². The minimum atomic E-state index is 0.380.